The molecular formula is C22H21F6N6O6PS. The number of halogens is 6. The molecule has 2 heterocycles. The third kappa shape index (κ3) is 8.77. The summed E-state index contributed by atoms with van der Waals surface area (Å²) >= 11 is 0. The number of hydrogen-bond acceptors (Lipinski definition) is 10. The van der Waals surface area contributed by atoms with E-state index in [0.717, 1.165) is 10.6 Å². The van der Waals surface area contributed by atoms with Gasteiger partial charge in [0.25, 0.3) is 0 Å². The molecule has 12 nitrogen and oxygen atoms in total. The van der Waals surface area contributed by atoms with Gasteiger partial charge in [0.05, 0.1) is 12.4 Å². The molecule has 0 spiro atoms. The molecule has 0 saturated carbocycles. The zero-order chi connectivity index (χ0) is 31.5. The molecule has 1 aromatic carbocycles. The average molecular weight is 642 g/mol. The number of benzene rings is 1. The zero-order valence-corrected chi connectivity index (χ0v) is 23.1. The Hall–Kier alpha value is -3.96. The average Bonchev–Trinajstić information content (AvgIpc) is 2.86. The number of pyridine rings is 1. The molecule has 3 rings (SSSR count). The summed E-state index contributed by atoms with van der Waals surface area (Å²) in [5.74, 6) is -3.81. The van der Waals surface area contributed by atoms with E-state index in [4.69, 9.17) is 0 Å². The van der Waals surface area contributed by atoms with Crippen LogP contribution in [0.3, 0.4) is 0 Å². The fourth-order valence-corrected chi connectivity index (χ4v) is 4.82. The lowest BCUT2D eigenvalue weighted by atomic mass is 10.2. The van der Waals surface area contributed by atoms with E-state index in [1.165, 1.54) is 49.6 Å². The summed E-state index contributed by atoms with van der Waals surface area (Å²) in [6.07, 6.45) is -8.51. The molecule has 228 valence electrons. The molecule has 0 bridgehead atoms. The van der Waals surface area contributed by atoms with E-state index < -0.39 is 53.5 Å². The van der Waals surface area contributed by atoms with E-state index in [9.17, 15) is 49.0 Å². The molecule has 0 fully saturated rings. The summed E-state index contributed by atoms with van der Waals surface area (Å²) in [6, 6.07) is 7.83. The summed E-state index contributed by atoms with van der Waals surface area (Å²) in [7, 11) is -7.50. The van der Waals surface area contributed by atoms with Gasteiger partial charge in [0.2, 0.25) is 16.0 Å². The first-order chi connectivity index (χ1) is 19.3. The first kappa shape index (κ1) is 32.6. The van der Waals surface area contributed by atoms with Crippen LogP contribution in [0.25, 0.3) is 0 Å². The summed E-state index contributed by atoms with van der Waals surface area (Å²) in [5, 5.41) is 5.13. The number of nitrogens with one attached hydrogen (secondary N) is 2. The predicted octanol–water partition coefficient (Wildman–Crippen LogP) is 4.43. The molecule has 0 amide bonds. The molecule has 3 aromatic rings. The van der Waals surface area contributed by atoms with Gasteiger partial charge in [-0.1, -0.05) is 18.2 Å². The zero-order valence-electron chi connectivity index (χ0n) is 21.4. The number of hydrogen-bond donors (Lipinski definition) is 3. The van der Waals surface area contributed by atoms with Crippen molar-refractivity contribution in [1.82, 2.24) is 15.0 Å². The maximum Gasteiger partial charge on any atom is 0.491 e. The van der Waals surface area contributed by atoms with Crippen LogP contribution in [0.2, 0.25) is 0 Å². The Bertz CT molecular complexity index is 1600. The second-order valence-corrected chi connectivity index (χ2v) is 12.3. The molecular weight excluding hydrogens is 621 g/mol. The summed E-state index contributed by atoms with van der Waals surface area (Å²) < 4.78 is 118. The monoisotopic (exact) mass is 642 g/mol. The fourth-order valence-electron chi connectivity index (χ4n) is 3.24. The third-order valence-corrected chi connectivity index (χ3v) is 7.64. The maximum atomic E-state index is 13.6. The highest BCUT2D eigenvalue weighted by molar-refractivity contribution is 7.92. The lowest BCUT2D eigenvalue weighted by molar-refractivity contribution is -0.190. The van der Waals surface area contributed by atoms with E-state index in [1.807, 2.05) is 0 Å². The highest BCUT2D eigenvalue weighted by Crippen LogP contribution is 2.47. The summed E-state index contributed by atoms with van der Waals surface area (Å²) in [6.45, 7) is -0.308. The topological polar surface area (TPSA) is 164 Å². The Morgan fingerprint density at radius 1 is 1.10 bits per heavy atom. The minimum atomic E-state index is -5.46. The van der Waals surface area contributed by atoms with Gasteiger partial charge in [-0.25, -0.2) is 27.7 Å². The molecule has 1 unspecified atom stereocenters. The van der Waals surface area contributed by atoms with Crippen LogP contribution in [0.4, 0.5) is 49.6 Å². The second kappa shape index (κ2) is 12.1. The lowest BCUT2D eigenvalue weighted by Crippen LogP contribution is -2.27. The van der Waals surface area contributed by atoms with Gasteiger partial charge in [-0.15, -0.1) is 0 Å². The van der Waals surface area contributed by atoms with Gasteiger partial charge < -0.3 is 20.1 Å². The number of carbonyl (C=O) groups excluding carboxylic acids is 1. The van der Waals surface area contributed by atoms with Crippen molar-refractivity contribution in [3.05, 3.63) is 65.5 Å². The standard InChI is InChI=1S/C22H21F6N6O6PS/c1-34(42(2,38)39)18-14(4-3-9-29-18)10-30-17-16(21(23,24)25)11-31-20(33-17)32-15-7-5-13(6-8-15)12-41(36,37)40-19(35)22(26,27)28/h3-9,11H,10,12H2,1-2H3,(H,36,37)(H2,30,31,32,33). The Balaban J connectivity index is 1.79. The minimum Gasteiger partial charge on any atom is -0.385 e. The van der Waals surface area contributed by atoms with Crippen molar-refractivity contribution in [3.8, 4) is 0 Å². The second-order valence-electron chi connectivity index (χ2n) is 8.52. The summed E-state index contributed by atoms with van der Waals surface area (Å²) in [4.78, 5) is 31.9. The van der Waals surface area contributed by atoms with E-state index >= 15 is 0 Å². The van der Waals surface area contributed by atoms with Gasteiger partial charge in [0, 0.05) is 37.2 Å². The first-order valence-corrected chi connectivity index (χ1v) is 14.9. The van der Waals surface area contributed by atoms with Crippen LogP contribution < -0.4 is 14.9 Å². The van der Waals surface area contributed by atoms with Crippen LogP contribution in [0.5, 0.6) is 0 Å². The van der Waals surface area contributed by atoms with Crippen LogP contribution in [0.15, 0.2) is 48.8 Å². The molecule has 42 heavy (non-hydrogen) atoms. The molecule has 0 aliphatic carbocycles. The molecule has 0 aliphatic heterocycles. The number of anilines is 4. The van der Waals surface area contributed by atoms with Crippen LogP contribution >= 0.6 is 7.60 Å². The number of aromatic nitrogens is 3. The van der Waals surface area contributed by atoms with Gasteiger partial charge in [-0.05, 0) is 23.8 Å². The van der Waals surface area contributed by atoms with Crippen LogP contribution in [-0.4, -0.2) is 53.7 Å². The van der Waals surface area contributed by atoms with Crippen LogP contribution in [-0.2, 0) is 42.8 Å². The molecule has 3 N–H and O–H groups in total. The number of rotatable bonds is 10. The quantitative estimate of drug-likeness (QED) is 0.212. The van der Waals surface area contributed by atoms with Gasteiger partial charge in [-0.3, -0.25) is 4.31 Å². The van der Waals surface area contributed by atoms with Crippen molar-refractivity contribution in [2.24, 2.45) is 0 Å². The van der Waals surface area contributed by atoms with Crippen LogP contribution in [0, 0.1) is 0 Å². The molecule has 0 saturated heterocycles. The first-order valence-electron chi connectivity index (χ1n) is 11.3. The number of sulfonamides is 1. The predicted molar refractivity (Wildman–Crippen MR) is 137 cm³/mol. The van der Waals surface area contributed by atoms with Crippen molar-refractivity contribution in [2.75, 3.05) is 28.2 Å². The Labute approximate surface area is 234 Å². The van der Waals surface area contributed by atoms with Crippen molar-refractivity contribution in [2.45, 2.75) is 25.1 Å². The van der Waals surface area contributed by atoms with Crippen molar-refractivity contribution < 1.29 is 53.5 Å². The van der Waals surface area contributed by atoms with E-state index in [1.54, 1.807) is 0 Å². The molecule has 0 aliphatic rings. The number of nitrogens with zero attached hydrogens (tertiary/aromatic N) is 4. The maximum absolute atomic E-state index is 13.6. The van der Waals surface area contributed by atoms with Gasteiger partial charge >= 0.3 is 25.9 Å². The third-order valence-electron chi connectivity index (χ3n) is 5.25. The summed E-state index contributed by atoms with van der Waals surface area (Å²) in [5.41, 5.74) is -0.806. The highest BCUT2D eigenvalue weighted by atomic mass is 32.2. The van der Waals surface area contributed by atoms with Crippen molar-refractivity contribution in [3.63, 3.8) is 0 Å². The normalized spacial score (nSPS) is 13.6. The van der Waals surface area contributed by atoms with Gasteiger partial charge in [-0.2, -0.15) is 31.3 Å². The van der Waals surface area contributed by atoms with E-state index in [0.29, 0.717) is 6.20 Å². The fraction of sp³-hybridized carbons (Fsp3) is 0.273. The molecule has 20 heteroatoms. The largest absolute Gasteiger partial charge is 0.491 e. The highest BCUT2D eigenvalue weighted by Gasteiger charge is 2.44. The van der Waals surface area contributed by atoms with Gasteiger partial charge in [0.15, 0.2) is 0 Å². The molecule has 1 atom stereocenters. The van der Waals surface area contributed by atoms with E-state index in [2.05, 4.69) is 30.1 Å². The van der Waals surface area contributed by atoms with E-state index in [-0.39, 0.29) is 35.1 Å². The van der Waals surface area contributed by atoms with Crippen molar-refractivity contribution >= 4 is 46.9 Å². The smallest absolute Gasteiger partial charge is 0.385 e. The van der Waals surface area contributed by atoms with Gasteiger partial charge in [0.1, 0.15) is 17.2 Å². The number of alkyl halides is 6. The SMILES string of the molecule is CN(c1ncccc1CNc1nc(Nc2ccc(CP(=O)(O)OC(=O)C(F)(F)F)cc2)ncc1C(F)(F)F)S(C)(=O)=O. The Morgan fingerprint density at radius 2 is 1.74 bits per heavy atom. The Kier molecular flexibility index (Phi) is 9.38. The molecule has 0 radical (unpaired) electrons. The van der Waals surface area contributed by atoms with Crippen molar-refractivity contribution in [1.29, 1.82) is 0 Å². The van der Waals surface area contributed by atoms with Crippen LogP contribution in [0.1, 0.15) is 16.7 Å². The lowest BCUT2D eigenvalue weighted by Gasteiger charge is -2.20. The minimum absolute atomic E-state index is 0.00314. The number of carbonyl (C=O) groups is 1. The Morgan fingerprint density at radius 3 is 2.31 bits per heavy atom. The molecule has 2 aromatic heterocycles.